The third-order valence-electron chi connectivity index (χ3n) is 3.48. The monoisotopic (exact) mass is 411 g/mol. The van der Waals surface area contributed by atoms with Crippen molar-refractivity contribution >= 4 is 52.2 Å². The van der Waals surface area contributed by atoms with Gasteiger partial charge < -0.3 is 4.90 Å². The number of thiophene rings is 1. The first kappa shape index (κ1) is 18.3. The highest BCUT2D eigenvalue weighted by molar-refractivity contribution is 7.99. The van der Waals surface area contributed by atoms with Crippen molar-refractivity contribution in [3.63, 3.8) is 0 Å². The number of thioether (sulfide) groups is 1. The molecule has 0 saturated heterocycles. The van der Waals surface area contributed by atoms with Crippen molar-refractivity contribution in [2.45, 2.75) is 11.7 Å². The van der Waals surface area contributed by atoms with Gasteiger partial charge in [-0.15, -0.1) is 11.3 Å². The van der Waals surface area contributed by atoms with E-state index in [-0.39, 0.29) is 5.91 Å². The van der Waals surface area contributed by atoms with E-state index in [2.05, 4.69) is 4.98 Å². The maximum absolute atomic E-state index is 12.4. The molecule has 130 valence electrons. The first-order valence-electron chi connectivity index (χ1n) is 7.43. The van der Waals surface area contributed by atoms with E-state index in [1.165, 1.54) is 23.1 Å². The van der Waals surface area contributed by atoms with Gasteiger partial charge in [-0.3, -0.25) is 9.36 Å². The lowest BCUT2D eigenvalue weighted by atomic mass is 10.3. The van der Waals surface area contributed by atoms with Crippen LogP contribution < -0.4 is 0 Å². The van der Waals surface area contributed by atoms with Crippen LogP contribution in [0.4, 0.5) is 0 Å². The minimum atomic E-state index is 0.0418. The van der Waals surface area contributed by atoms with Gasteiger partial charge in [-0.1, -0.05) is 35.0 Å². The number of hydrogen-bond donors (Lipinski definition) is 0. The Morgan fingerprint density at radius 1 is 1.24 bits per heavy atom. The average molecular weight is 412 g/mol. The van der Waals surface area contributed by atoms with Crippen LogP contribution in [0.3, 0.4) is 0 Å². The maximum atomic E-state index is 12.4. The van der Waals surface area contributed by atoms with Crippen LogP contribution in [0, 0.1) is 0 Å². The van der Waals surface area contributed by atoms with Gasteiger partial charge in [0.25, 0.3) is 0 Å². The predicted molar refractivity (Wildman–Crippen MR) is 105 cm³/mol. The number of imidazole rings is 1. The minimum absolute atomic E-state index is 0.0418. The van der Waals surface area contributed by atoms with E-state index in [9.17, 15) is 4.79 Å². The number of amides is 1. The summed E-state index contributed by atoms with van der Waals surface area (Å²) in [4.78, 5) is 19.5. The van der Waals surface area contributed by atoms with Crippen molar-refractivity contribution in [1.82, 2.24) is 14.5 Å². The number of carbonyl (C=O) groups is 1. The lowest BCUT2D eigenvalue weighted by Crippen LogP contribution is -2.27. The summed E-state index contributed by atoms with van der Waals surface area (Å²) >= 11 is 14.8. The van der Waals surface area contributed by atoms with Crippen LogP contribution in [-0.2, 0) is 11.3 Å². The highest BCUT2D eigenvalue weighted by Crippen LogP contribution is 2.24. The van der Waals surface area contributed by atoms with Crippen LogP contribution in [0.25, 0.3) is 5.69 Å². The van der Waals surface area contributed by atoms with Crippen LogP contribution in [-0.4, -0.2) is 33.2 Å². The Morgan fingerprint density at radius 2 is 2.00 bits per heavy atom. The number of carbonyl (C=O) groups excluding carboxylic acids is 1. The normalized spacial score (nSPS) is 10.8. The van der Waals surface area contributed by atoms with Crippen LogP contribution in [0.15, 0.2) is 53.9 Å². The lowest BCUT2D eigenvalue weighted by molar-refractivity contribution is -0.127. The molecule has 8 heteroatoms. The maximum Gasteiger partial charge on any atom is 0.233 e. The van der Waals surface area contributed by atoms with Gasteiger partial charge >= 0.3 is 0 Å². The average Bonchev–Trinajstić information content (AvgIpc) is 3.22. The predicted octanol–water partition coefficient (Wildman–Crippen LogP) is 4.99. The van der Waals surface area contributed by atoms with E-state index in [0.717, 1.165) is 20.1 Å². The number of halogens is 2. The summed E-state index contributed by atoms with van der Waals surface area (Å²) in [5.74, 6) is 0.361. The summed E-state index contributed by atoms with van der Waals surface area (Å²) in [7, 11) is 1.79. The molecule has 0 radical (unpaired) electrons. The first-order chi connectivity index (χ1) is 12.0. The zero-order chi connectivity index (χ0) is 17.8. The van der Waals surface area contributed by atoms with Gasteiger partial charge in [0.05, 0.1) is 16.6 Å². The van der Waals surface area contributed by atoms with Crippen LogP contribution in [0.5, 0.6) is 0 Å². The third-order valence-corrected chi connectivity index (χ3v) is 5.90. The summed E-state index contributed by atoms with van der Waals surface area (Å²) < 4.78 is 2.67. The van der Waals surface area contributed by atoms with Gasteiger partial charge in [-0.25, -0.2) is 4.98 Å². The molecule has 3 aromatic rings. The molecule has 1 amide bonds. The highest BCUT2D eigenvalue weighted by Gasteiger charge is 2.13. The van der Waals surface area contributed by atoms with E-state index < -0.39 is 0 Å². The molecule has 1 aromatic carbocycles. The molecular formula is C17H15Cl2N3OS2. The van der Waals surface area contributed by atoms with Gasteiger partial charge in [0, 0.05) is 35.0 Å². The molecule has 4 nitrogen and oxygen atoms in total. The highest BCUT2D eigenvalue weighted by atomic mass is 35.5. The zero-order valence-corrected chi connectivity index (χ0v) is 16.5. The molecule has 0 saturated carbocycles. The number of aromatic nitrogens is 2. The molecule has 0 spiro atoms. The molecule has 0 aliphatic carbocycles. The summed E-state index contributed by atoms with van der Waals surface area (Å²) in [6.45, 7) is 0.558. The Balaban J connectivity index is 1.61. The SMILES string of the molecule is CN(Cc1ccc(Cl)s1)C(=O)CSc1nccn1-c1ccc(Cl)cc1. The molecular weight excluding hydrogens is 397 g/mol. The van der Waals surface area contributed by atoms with Crippen molar-refractivity contribution in [3.05, 3.63) is 63.0 Å². The second kappa shape index (κ2) is 8.27. The molecule has 0 N–H and O–H groups in total. The Bertz CT molecular complexity index is 861. The first-order valence-corrected chi connectivity index (χ1v) is 9.99. The second-order valence-electron chi connectivity index (χ2n) is 5.30. The van der Waals surface area contributed by atoms with E-state index in [4.69, 9.17) is 23.2 Å². The molecule has 0 fully saturated rings. The third kappa shape index (κ3) is 4.79. The van der Waals surface area contributed by atoms with Crippen molar-refractivity contribution in [2.75, 3.05) is 12.8 Å². The Labute approximate surface area is 164 Å². The molecule has 0 atom stereocenters. The second-order valence-corrected chi connectivity index (χ2v) is 8.48. The van der Waals surface area contributed by atoms with Gasteiger partial charge in [-0.2, -0.15) is 0 Å². The van der Waals surface area contributed by atoms with E-state index >= 15 is 0 Å². The Hall–Kier alpha value is -1.47. The molecule has 0 bridgehead atoms. The number of hydrogen-bond acceptors (Lipinski definition) is 4. The molecule has 3 rings (SSSR count). The van der Waals surface area contributed by atoms with Gasteiger partial charge in [-0.05, 0) is 36.4 Å². The van der Waals surface area contributed by atoms with Crippen molar-refractivity contribution < 1.29 is 4.79 Å². The van der Waals surface area contributed by atoms with E-state index in [1.807, 2.05) is 47.2 Å². The topological polar surface area (TPSA) is 38.1 Å². The summed E-state index contributed by atoms with van der Waals surface area (Å²) in [5.41, 5.74) is 0.957. The van der Waals surface area contributed by atoms with Crippen molar-refractivity contribution in [2.24, 2.45) is 0 Å². The standard InChI is InChI=1S/C17H15Cl2N3OS2/c1-21(10-14-6-7-15(19)25-14)16(23)11-24-17-20-8-9-22(17)13-4-2-12(18)3-5-13/h2-9H,10-11H2,1H3. The molecule has 0 aliphatic heterocycles. The van der Waals surface area contributed by atoms with Crippen LogP contribution >= 0.6 is 46.3 Å². The quantitative estimate of drug-likeness (QED) is 0.536. The summed E-state index contributed by atoms with van der Waals surface area (Å²) in [6.07, 6.45) is 3.59. The van der Waals surface area contributed by atoms with Crippen molar-refractivity contribution in [1.29, 1.82) is 0 Å². The summed E-state index contributed by atoms with van der Waals surface area (Å²) in [6, 6.07) is 11.3. The van der Waals surface area contributed by atoms with Crippen LogP contribution in [0.2, 0.25) is 9.36 Å². The zero-order valence-electron chi connectivity index (χ0n) is 13.4. The van der Waals surface area contributed by atoms with E-state index in [1.54, 1.807) is 18.1 Å². The fourth-order valence-electron chi connectivity index (χ4n) is 2.19. The van der Waals surface area contributed by atoms with Gasteiger partial charge in [0.1, 0.15) is 0 Å². The number of rotatable bonds is 6. The molecule has 2 aromatic heterocycles. The smallest absolute Gasteiger partial charge is 0.233 e. The Kier molecular flexibility index (Phi) is 6.06. The fourth-order valence-corrected chi connectivity index (χ4v) is 4.37. The number of benzene rings is 1. The van der Waals surface area contributed by atoms with E-state index in [0.29, 0.717) is 17.3 Å². The van der Waals surface area contributed by atoms with Crippen molar-refractivity contribution in [3.8, 4) is 5.69 Å². The largest absolute Gasteiger partial charge is 0.340 e. The van der Waals surface area contributed by atoms with Crippen LogP contribution in [0.1, 0.15) is 4.88 Å². The lowest BCUT2D eigenvalue weighted by Gasteiger charge is -2.16. The molecule has 0 unspecified atom stereocenters. The van der Waals surface area contributed by atoms with Gasteiger partial charge in [0.15, 0.2) is 5.16 Å². The summed E-state index contributed by atoms with van der Waals surface area (Å²) in [5, 5.41) is 1.45. The molecule has 25 heavy (non-hydrogen) atoms. The fraction of sp³-hybridized carbons (Fsp3) is 0.176. The molecule has 0 aliphatic rings. The van der Waals surface area contributed by atoms with Gasteiger partial charge in [0.2, 0.25) is 5.91 Å². The Morgan fingerprint density at radius 3 is 2.68 bits per heavy atom. The molecule has 2 heterocycles. The number of nitrogens with zero attached hydrogens (tertiary/aromatic N) is 3. The minimum Gasteiger partial charge on any atom is -0.340 e.